The van der Waals surface area contributed by atoms with Crippen molar-refractivity contribution in [3.63, 3.8) is 0 Å². The second kappa shape index (κ2) is 10.7. The standard InChI is InChI=1S/C20H22FN5O2S/c1-2-28-12-4-11-26-19(15-7-9-22-10-8-15)24-25-20(26)29-14-18(27)23-17-6-3-5-16(21)13-17/h3,5-10,13H,2,4,11-12,14H2,1H3,(H,23,27). The van der Waals surface area contributed by atoms with Gasteiger partial charge in [-0.2, -0.15) is 0 Å². The van der Waals surface area contributed by atoms with Crippen LogP contribution in [0.4, 0.5) is 10.1 Å². The molecule has 3 aromatic rings. The fourth-order valence-corrected chi connectivity index (χ4v) is 3.44. The number of ether oxygens (including phenoxy) is 1. The summed E-state index contributed by atoms with van der Waals surface area (Å²) >= 11 is 1.29. The zero-order chi connectivity index (χ0) is 20.5. The van der Waals surface area contributed by atoms with Crippen LogP contribution in [0.3, 0.4) is 0 Å². The van der Waals surface area contributed by atoms with Gasteiger partial charge in [0.2, 0.25) is 5.91 Å². The molecule has 9 heteroatoms. The van der Waals surface area contributed by atoms with E-state index in [2.05, 4.69) is 20.5 Å². The predicted molar refractivity (Wildman–Crippen MR) is 110 cm³/mol. The molecule has 0 fully saturated rings. The SMILES string of the molecule is CCOCCCn1c(SCC(=O)Nc2cccc(F)c2)nnc1-c1ccncc1. The third-order valence-corrected chi connectivity index (χ3v) is 4.94. The first-order valence-corrected chi connectivity index (χ1v) is 10.3. The van der Waals surface area contributed by atoms with E-state index in [9.17, 15) is 9.18 Å². The first-order chi connectivity index (χ1) is 14.2. The molecule has 0 spiro atoms. The number of pyridine rings is 1. The van der Waals surface area contributed by atoms with Gasteiger partial charge in [-0.15, -0.1) is 10.2 Å². The highest BCUT2D eigenvalue weighted by atomic mass is 32.2. The lowest BCUT2D eigenvalue weighted by Gasteiger charge is -2.10. The van der Waals surface area contributed by atoms with Crippen LogP contribution in [0.1, 0.15) is 13.3 Å². The van der Waals surface area contributed by atoms with Gasteiger partial charge in [-0.05, 0) is 43.7 Å². The average Bonchev–Trinajstić information content (AvgIpc) is 3.13. The average molecular weight is 415 g/mol. The molecule has 3 rings (SSSR count). The van der Waals surface area contributed by atoms with E-state index in [0.717, 1.165) is 17.8 Å². The number of aromatic nitrogens is 4. The number of anilines is 1. The summed E-state index contributed by atoms with van der Waals surface area (Å²) in [5.41, 5.74) is 1.33. The molecule has 1 amide bonds. The van der Waals surface area contributed by atoms with Crippen LogP contribution in [0.2, 0.25) is 0 Å². The number of hydrogen-bond acceptors (Lipinski definition) is 6. The molecule has 0 aliphatic carbocycles. The Morgan fingerprint density at radius 3 is 2.83 bits per heavy atom. The second-order valence-corrected chi connectivity index (χ2v) is 7.03. The molecular formula is C20H22FN5O2S. The first kappa shape index (κ1) is 20.9. The van der Waals surface area contributed by atoms with Crippen LogP contribution in [0.5, 0.6) is 0 Å². The van der Waals surface area contributed by atoms with E-state index >= 15 is 0 Å². The molecule has 2 aromatic heterocycles. The largest absolute Gasteiger partial charge is 0.382 e. The molecule has 0 atom stereocenters. The number of carbonyl (C=O) groups is 1. The quantitative estimate of drug-likeness (QED) is 0.402. The summed E-state index contributed by atoms with van der Waals surface area (Å²) in [5, 5.41) is 11.9. The van der Waals surface area contributed by atoms with E-state index in [1.54, 1.807) is 24.5 Å². The third-order valence-electron chi connectivity index (χ3n) is 3.97. The maximum Gasteiger partial charge on any atom is 0.234 e. The van der Waals surface area contributed by atoms with Crippen LogP contribution < -0.4 is 5.32 Å². The second-order valence-electron chi connectivity index (χ2n) is 6.09. The molecule has 2 heterocycles. The van der Waals surface area contributed by atoms with E-state index in [1.165, 1.54) is 23.9 Å². The van der Waals surface area contributed by atoms with Crippen molar-refractivity contribution in [2.45, 2.75) is 25.0 Å². The van der Waals surface area contributed by atoms with Gasteiger partial charge in [-0.3, -0.25) is 9.78 Å². The fraction of sp³-hybridized carbons (Fsp3) is 0.300. The van der Waals surface area contributed by atoms with Gasteiger partial charge in [0.25, 0.3) is 0 Å². The van der Waals surface area contributed by atoms with Gasteiger partial charge in [0.05, 0.1) is 5.75 Å². The van der Waals surface area contributed by atoms with Crippen LogP contribution in [0, 0.1) is 5.82 Å². The monoisotopic (exact) mass is 415 g/mol. The molecule has 0 saturated heterocycles. The van der Waals surface area contributed by atoms with Crippen molar-refractivity contribution in [1.29, 1.82) is 0 Å². The Balaban J connectivity index is 1.68. The van der Waals surface area contributed by atoms with Crippen LogP contribution in [0.25, 0.3) is 11.4 Å². The highest BCUT2D eigenvalue weighted by Gasteiger charge is 2.15. The summed E-state index contributed by atoms with van der Waals surface area (Å²) in [5.74, 6) is 0.217. The number of rotatable bonds is 10. The number of benzene rings is 1. The van der Waals surface area contributed by atoms with Crippen LogP contribution in [-0.4, -0.2) is 44.6 Å². The van der Waals surface area contributed by atoms with Crippen molar-refractivity contribution in [1.82, 2.24) is 19.7 Å². The summed E-state index contributed by atoms with van der Waals surface area (Å²) in [6.45, 7) is 3.92. The van der Waals surface area contributed by atoms with E-state index < -0.39 is 5.82 Å². The van der Waals surface area contributed by atoms with Crippen molar-refractivity contribution in [2.24, 2.45) is 0 Å². The van der Waals surface area contributed by atoms with E-state index in [0.29, 0.717) is 30.6 Å². The van der Waals surface area contributed by atoms with Crippen molar-refractivity contribution in [3.05, 3.63) is 54.6 Å². The summed E-state index contributed by atoms with van der Waals surface area (Å²) in [6.07, 6.45) is 4.20. The van der Waals surface area contributed by atoms with Crippen molar-refractivity contribution in [2.75, 3.05) is 24.3 Å². The molecule has 0 aliphatic heterocycles. The molecule has 0 aliphatic rings. The number of amides is 1. The lowest BCUT2D eigenvalue weighted by molar-refractivity contribution is -0.113. The third kappa shape index (κ3) is 6.10. The van der Waals surface area contributed by atoms with Crippen molar-refractivity contribution in [3.8, 4) is 11.4 Å². The van der Waals surface area contributed by atoms with Crippen LogP contribution in [0.15, 0.2) is 53.9 Å². The van der Waals surface area contributed by atoms with Crippen molar-refractivity contribution >= 4 is 23.4 Å². The van der Waals surface area contributed by atoms with Gasteiger partial charge < -0.3 is 14.6 Å². The number of nitrogens with one attached hydrogen (secondary N) is 1. The van der Waals surface area contributed by atoms with Gasteiger partial charge in [0.15, 0.2) is 11.0 Å². The zero-order valence-electron chi connectivity index (χ0n) is 16.0. The molecular weight excluding hydrogens is 393 g/mol. The number of thioether (sulfide) groups is 1. The minimum Gasteiger partial charge on any atom is -0.382 e. The zero-order valence-corrected chi connectivity index (χ0v) is 16.9. The Morgan fingerprint density at radius 2 is 2.07 bits per heavy atom. The maximum atomic E-state index is 13.3. The maximum absolute atomic E-state index is 13.3. The lowest BCUT2D eigenvalue weighted by Crippen LogP contribution is -2.15. The summed E-state index contributed by atoms with van der Waals surface area (Å²) in [4.78, 5) is 16.3. The van der Waals surface area contributed by atoms with Crippen LogP contribution >= 0.6 is 11.8 Å². The number of halogens is 1. The van der Waals surface area contributed by atoms with Crippen LogP contribution in [-0.2, 0) is 16.1 Å². The van der Waals surface area contributed by atoms with Crippen molar-refractivity contribution < 1.29 is 13.9 Å². The number of hydrogen-bond donors (Lipinski definition) is 1. The molecule has 0 radical (unpaired) electrons. The first-order valence-electron chi connectivity index (χ1n) is 9.27. The normalized spacial score (nSPS) is 10.8. The predicted octanol–water partition coefficient (Wildman–Crippen LogP) is 3.64. The molecule has 29 heavy (non-hydrogen) atoms. The Bertz CT molecular complexity index is 936. The minimum atomic E-state index is -0.397. The lowest BCUT2D eigenvalue weighted by atomic mass is 10.2. The van der Waals surface area contributed by atoms with Gasteiger partial charge in [0.1, 0.15) is 5.82 Å². The summed E-state index contributed by atoms with van der Waals surface area (Å²) < 4.78 is 20.7. The number of carbonyl (C=O) groups excluding carboxylic acids is 1. The van der Waals surface area contributed by atoms with E-state index in [4.69, 9.17) is 4.74 Å². The van der Waals surface area contributed by atoms with Gasteiger partial charge in [-0.1, -0.05) is 17.8 Å². The molecule has 0 unspecified atom stereocenters. The van der Waals surface area contributed by atoms with Gasteiger partial charge in [-0.25, -0.2) is 4.39 Å². The minimum absolute atomic E-state index is 0.135. The topological polar surface area (TPSA) is 81.9 Å². The highest BCUT2D eigenvalue weighted by molar-refractivity contribution is 7.99. The van der Waals surface area contributed by atoms with Gasteiger partial charge in [0, 0.05) is 43.4 Å². The van der Waals surface area contributed by atoms with E-state index in [1.807, 2.05) is 23.6 Å². The number of nitrogens with zero attached hydrogens (tertiary/aromatic N) is 4. The fourth-order valence-electron chi connectivity index (χ4n) is 2.67. The highest BCUT2D eigenvalue weighted by Crippen LogP contribution is 2.24. The smallest absolute Gasteiger partial charge is 0.234 e. The Morgan fingerprint density at radius 1 is 1.24 bits per heavy atom. The molecule has 0 saturated carbocycles. The molecule has 152 valence electrons. The van der Waals surface area contributed by atoms with Gasteiger partial charge >= 0.3 is 0 Å². The molecule has 0 bridgehead atoms. The van der Waals surface area contributed by atoms with E-state index in [-0.39, 0.29) is 11.7 Å². The summed E-state index contributed by atoms with van der Waals surface area (Å²) in [6, 6.07) is 9.54. The Hall–Kier alpha value is -2.78. The molecule has 1 aromatic carbocycles. The molecule has 7 nitrogen and oxygen atoms in total. The Kier molecular flexibility index (Phi) is 7.71. The summed E-state index contributed by atoms with van der Waals surface area (Å²) in [7, 11) is 0. The molecule has 1 N–H and O–H groups in total. The Labute approximate surface area is 172 Å².